The Morgan fingerprint density at radius 2 is 2.15 bits per heavy atom. The van der Waals surface area contributed by atoms with Crippen molar-refractivity contribution in [2.75, 3.05) is 13.1 Å². The van der Waals surface area contributed by atoms with E-state index in [4.69, 9.17) is 0 Å². The molecule has 4 heteroatoms. The normalized spacial score (nSPS) is 28.2. The Bertz CT molecular complexity index is 184. The molecule has 2 unspecified atom stereocenters. The van der Waals surface area contributed by atoms with Crippen LogP contribution in [0.2, 0.25) is 0 Å². The van der Waals surface area contributed by atoms with Crippen molar-refractivity contribution in [2.24, 2.45) is 5.92 Å². The third-order valence-electron chi connectivity index (χ3n) is 2.27. The summed E-state index contributed by atoms with van der Waals surface area (Å²) in [6, 6.07) is 0.0824. The van der Waals surface area contributed by atoms with Crippen LogP contribution in [0.5, 0.6) is 0 Å². The molecule has 76 valence electrons. The molecular weight excluding hydrogens is 168 g/mol. The fourth-order valence-electron chi connectivity index (χ4n) is 1.45. The third kappa shape index (κ3) is 2.59. The zero-order valence-electron chi connectivity index (χ0n) is 8.45. The van der Waals surface area contributed by atoms with Crippen molar-refractivity contribution in [3.8, 4) is 0 Å². The predicted molar refractivity (Wildman–Crippen MR) is 50.4 cm³/mol. The van der Waals surface area contributed by atoms with E-state index < -0.39 is 0 Å². The fourth-order valence-corrected chi connectivity index (χ4v) is 1.45. The Hall–Kier alpha value is -0.770. The lowest BCUT2D eigenvalue weighted by atomic mass is 10.1. The number of aliphatic hydroxyl groups is 1. The molecule has 1 heterocycles. The number of hydrogen-bond acceptors (Lipinski definition) is 2. The topological polar surface area (TPSA) is 52.6 Å². The van der Waals surface area contributed by atoms with E-state index in [9.17, 15) is 9.90 Å². The van der Waals surface area contributed by atoms with Gasteiger partial charge >= 0.3 is 6.03 Å². The van der Waals surface area contributed by atoms with Crippen molar-refractivity contribution < 1.29 is 9.90 Å². The maximum atomic E-state index is 11.5. The van der Waals surface area contributed by atoms with Crippen molar-refractivity contribution >= 4 is 6.03 Å². The zero-order valence-corrected chi connectivity index (χ0v) is 8.45. The van der Waals surface area contributed by atoms with Crippen molar-refractivity contribution in [3.05, 3.63) is 0 Å². The second-order valence-electron chi connectivity index (χ2n) is 4.05. The molecule has 0 saturated carbocycles. The van der Waals surface area contributed by atoms with Crippen molar-refractivity contribution in [2.45, 2.75) is 32.9 Å². The van der Waals surface area contributed by atoms with Crippen LogP contribution < -0.4 is 5.32 Å². The van der Waals surface area contributed by atoms with Gasteiger partial charge in [0.15, 0.2) is 0 Å². The first kappa shape index (κ1) is 10.3. The molecule has 2 amide bonds. The first-order valence-electron chi connectivity index (χ1n) is 4.74. The van der Waals surface area contributed by atoms with Gasteiger partial charge in [-0.25, -0.2) is 4.79 Å². The molecule has 0 aromatic heterocycles. The molecule has 1 saturated heterocycles. The summed E-state index contributed by atoms with van der Waals surface area (Å²) in [5.41, 5.74) is 0. The highest BCUT2D eigenvalue weighted by molar-refractivity contribution is 5.74. The number of carbonyl (C=O) groups is 1. The van der Waals surface area contributed by atoms with E-state index >= 15 is 0 Å². The summed E-state index contributed by atoms with van der Waals surface area (Å²) >= 11 is 0. The highest BCUT2D eigenvalue weighted by atomic mass is 16.3. The number of urea groups is 1. The number of β-amino-alcohol motifs (C(OH)–C–C–N with tert-alkyl or cyclic N) is 1. The molecule has 0 radical (unpaired) electrons. The van der Waals surface area contributed by atoms with E-state index in [2.05, 4.69) is 5.32 Å². The molecule has 4 nitrogen and oxygen atoms in total. The number of rotatable bonds is 1. The van der Waals surface area contributed by atoms with Gasteiger partial charge in [0.05, 0.1) is 6.10 Å². The van der Waals surface area contributed by atoms with Gasteiger partial charge in [-0.15, -0.1) is 0 Å². The molecule has 2 N–H and O–H groups in total. The Kier molecular flexibility index (Phi) is 3.14. The Labute approximate surface area is 78.9 Å². The number of aliphatic hydroxyl groups excluding tert-OH is 1. The molecule has 1 rings (SSSR count). The quantitative estimate of drug-likeness (QED) is 0.623. The molecule has 1 fully saturated rings. The minimum atomic E-state index is -0.363. The van der Waals surface area contributed by atoms with Gasteiger partial charge in [-0.1, -0.05) is 6.92 Å². The molecule has 0 aromatic rings. The van der Waals surface area contributed by atoms with Crippen LogP contribution in [0.4, 0.5) is 4.79 Å². The van der Waals surface area contributed by atoms with Crippen LogP contribution in [0.15, 0.2) is 0 Å². The monoisotopic (exact) mass is 186 g/mol. The lowest BCUT2D eigenvalue weighted by Gasteiger charge is -2.18. The molecule has 0 spiro atoms. The van der Waals surface area contributed by atoms with Crippen molar-refractivity contribution in [3.63, 3.8) is 0 Å². The first-order valence-corrected chi connectivity index (χ1v) is 4.74. The van der Waals surface area contributed by atoms with Crippen LogP contribution in [-0.4, -0.2) is 41.3 Å². The van der Waals surface area contributed by atoms with E-state index in [1.807, 2.05) is 20.8 Å². The number of nitrogens with zero attached hydrogens (tertiary/aromatic N) is 1. The number of likely N-dealkylation sites (tertiary alicyclic amines) is 1. The van der Waals surface area contributed by atoms with Gasteiger partial charge in [0.25, 0.3) is 0 Å². The van der Waals surface area contributed by atoms with Crippen LogP contribution in [0.1, 0.15) is 20.8 Å². The smallest absolute Gasteiger partial charge is 0.317 e. The van der Waals surface area contributed by atoms with Crippen LogP contribution in [0, 0.1) is 5.92 Å². The molecule has 0 bridgehead atoms. The lowest BCUT2D eigenvalue weighted by Crippen LogP contribution is -2.42. The summed E-state index contributed by atoms with van der Waals surface area (Å²) in [7, 11) is 0. The van der Waals surface area contributed by atoms with Crippen LogP contribution >= 0.6 is 0 Å². The van der Waals surface area contributed by atoms with E-state index in [0.29, 0.717) is 13.1 Å². The molecule has 2 atom stereocenters. The summed E-state index contributed by atoms with van der Waals surface area (Å²) in [6.45, 7) is 6.91. The SMILES string of the molecule is CC(C)NC(=O)N1CC(C)C(O)C1. The number of carbonyl (C=O) groups excluding carboxylic acids is 1. The van der Waals surface area contributed by atoms with Crippen LogP contribution in [0.25, 0.3) is 0 Å². The lowest BCUT2D eigenvalue weighted by molar-refractivity contribution is 0.148. The average molecular weight is 186 g/mol. The van der Waals surface area contributed by atoms with Gasteiger partial charge in [-0.3, -0.25) is 0 Å². The summed E-state index contributed by atoms with van der Waals surface area (Å²) in [5.74, 6) is 0.193. The molecule has 1 aliphatic heterocycles. The van der Waals surface area contributed by atoms with Crippen molar-refractivity contribution in [1.82, 2.24) is 10.2 Å². The largest absolute Gasteiger partial charge is 0.391 e. The predicted octanol–water partition coefficient (Wildman–Crippen LogP) is 0.417. The Morgan fingerprint density at radius 3 is 2.54 bits per heavy atom. The number of hydrogen-bond donors (Lipinski definition) is 2. The fraction of sp³-hybridized carbons (Fsp3) is 0.889. The summed E-state index contributed by atoms with van der Waals surface area (Å²) in [5, 5.41) is 12.2. The van der Waals surface area contributed by atoms with Crippen molar-refractivity contribution in [1.29, 1.82) is 0 Å². The maximum absolute atomic E-state index is 11.5. The number of nitrogens with one attached hydrogen (secondary N) is 1. The van der Waals surface area contributed by atoms with Gasteiger partial charge in [0.1, 0.15) is 0 Å². The summed E-state index contributed by atoms with van der Waals surface area (Å²) < 4.78 is 0. The van der Waals surface area contributed by atoms with Gasteiger partial charge in [-0.05, 0) is 13.8 Å². The van der Waals surface area contributed by atoms with E-state index in [0.717, 1.165) is 0 Å². The van der Waals surface area contributed by atoms with Crippen LogP contribution in [0.3, 0.4) is 0 Å². The molecule has 0 aromatic carbocycles. The van der Waals surface area contributed by atoms with Gasteiger partial charge in [0.2, 0.25) is 0 Å². The third-order valence-corrected chi connectivity index (χ3v) is 2.27. The van der Waals surface area contributed by atoms with Gasteiger partial charge in [0, 0.05) is 25.0 Å². The Morgan fingerprint density at radius 1 is 1.54 bits per heavy atom. The molecule has 0 aliphatic carbocycles. The average Bonchev–Trinajstić information content (AvgIpc) is 2.31. The summed E-state index contributed by atoms with van der Waals surface area (Å²) in [6.07, 6.45) is -0.363. The van der Waals surface area contributed by atoms with E-state index in [1.165, 1.54) is 0 Å². The first-order chi connectivity index (χ1) is 6.00. The highest BCUT2D eigenvalue weighted by Crippen LogP contribution is 2.15. The second-order valence-corrected chi connectivity index (χ2v) is 4.05. The summed E-state index contributed by atoms with van der Waals surface area (Å²) in [4.78, 5) is 13.1. The minimum absolute atomic E-state index is 0.0709. The molecular formula is C9H18N2O2. The standard InChI is InChI=1S/C9H18N2O2/c1-6(2)10-9(13)11-4-7(3)8(12)5-11/h6-8,12H,4-5H2,1-3H3,(H,10,13). The minimum Gasteiger partial charge on any atom is -0.391 e. The Balaban J connectivity index is 2.42. The second kappa shape index (κ2) is 3.96. The maximum Gasteiger partial charge on any atom is 0.317 e. The zero-order chi connectivity index (χ0) is 10.0. The highest BCUT2D eigenvalue weighted by Gasteiger charge is 2.30. The van der Waals surface area contributed by atoms with Gasteiger partial charge < -0.3 is 15.3 Å². The molecule has 13 heavy (non-hydrogen) atoms. The van der Waals surface area contributed by atoms with Gasteiger partial charge in [-0.2, -0.15) is 0 Å². The van der Waals surface area contributed by atoms with Crippen LogP contribution in [-0.2, 0) is 0 Å². The van der Waals surface area contributed by atoms with E-state index in [1.54, 1.807) is 4.90 Å². The number of amides is 2. The van der Waals surface area contributed by atoms with E-state index in [-0.39, 0.29) is 24.1 Å². The molecule has 1 aliphatic rings.